The third-order valence-electron chi connectivity index (χ3n) is 7.68. The van der Waals surface area contributed by atoms with Gasteiger partial charge in [-0.05, 0) is 31.6 Å². The number of anilines is 1. The van der Waals surface area contributed by atoms with Crippen LogP contribution in [0, 0.1) is 11.3 Å². The van der Waals surface area contributed by atoms with Gasteiger partial charge in [0.05, 0.1) is 37.2 Å². The normalized spacial score (nSPS) is 25.5. The van der Waals surface area contributed by atoms with Crippen LogP contribution in [0.3, 0.4) is 0 Å². The Morgan fingerprint density at radius 2 is 2.00 bits per heavy atom. The maximum Gasteiger partial charge on any atom is 0.332 e. The summed E-state index contributed by atoms with van der Waals surface area (Å²) in [5.74, 6) is -0.260. The maximum absolute atomic E-state index is 13.7. The molecule has 4 aliphatic heterocycles. The smallest absolute Gasteiger partial charge is 0.332 e. The molecule has 5 heterocycles. The Balaban J connectivity index is 1.16. The highest BCUT2D eigenvalue weighted by Crippen LogP contribution is 2.43. The van der Waals surface area contributed by atoms with Crippen LogP contribution in [-0.4, -0.2) is 101 Å². The highest BCUT2D eigenvalue weighted by molar-refractivity contribution is 7.80. The third kappa shape index (κ3) is 3.68. The van der Waals surface area contributed by atoms with Crippen LogP contribution in [0.15, 0.2) is 30.5 Å². The number of piperazine rings is 1. The first-order valence-electron chi connectivity index (χ1n) is 12.4. The SMILES string of the molecule is N#Cc1ncc(N2C(=O)[C@@H]3C4C[C@H](CN4C(=S)NCCCN4CCOCC4)N3C2=O)c2ccccc12. The van der Waals surface area contributed by atoms with Crippen LogP contribution in [-0.2, 0) is 9.53 Å². The van der Waals surface area contributed by atoms with Crippen LogP contribution in [0.25, 0.3) is 10.8 Å². The number of imide groups is 1. The number of thiocarbonyl (C=S) groups is 1. The number of hydrogen-bond acceptors (Lipinski definition) is 7. The average Bonchev–Trinajstić information content (AvgIpc) is 3.58. The van der Waals surface area contributed by atoms with Crippen LogP contribution < -0.4 is 10.2 Å². The molecule has 186 valence electrons. The number of carbonyl (C=O) groups is 2. The molecule has 2 bridgehead atoms. The number of pyridine rings is 1. The number of nitriles is 1. The molecule has 3 atom stereocenters. The van der Waals surface area contributed by atoms with E-state index in [1.165, 1.54) is 11.1 Å². The Kier molecular flexibility index (Phi) is 5.95. The van der Waals surface area contributed by atoms with Crippen LogP contribution in [0.5, 0.6) is 0 Å². The Bertz CT molecular complexity index is 1270. The van der Waals surface area contributed by atoms with Crippen molar-refractivity contribution in [3.8, 4) is 6.07 Å². The van der Waals surface area contributed by atoms with Crippen molar-refractivity contribution in [3.63, 3.8) is 0 Å². The van der Waals surface area contributed by atoms with Crippen LogP contribution in [0.1, 0.15) is 18.5 Å². The van der Waals surface area contributed by atoms with Gasteiger partial charge in [-0.3, -0.25) is 9.69 Å². The molecular formula is C25H27N7O3S. The molecule has 4 saturated heterocycles. The number of hydrogen-bond donors (Lipinski definition) is 1. The molecule has 2 aromatic rings. The zero-order valence-electron chi connectivity index (χ0n) is 19.8. The van der Waals surface area contributed by atoms with Crippen LogP contribution >= 0.6 is 12.2 Å². The van der Waals surface area contributed by atoms with Gasteiger partial charge in [0.15, 0.2) is 5.11 Å². The summed E-state index contributed by atoms with van der Waals surface area (Å²) < 4.78 is 5.40. The number of likely N-dealkylation sites (tertiary alicyclic amines) is 1. The summed E-state index contributed by atoms with van der Waals surface area (Å²) in [6.07, 6.45) is 3.17. The van der Waals surface area contributed by atoms with E-state index in [0.29, 0.717) is 28.1 Å². The molecule has 1 N–H and O–H groups in total. The lowest BCUT2D eigenvalue weighted by atomic mass is 10.1. The molecule has 36 heavy (non-hydrogen) atoms. The summed E-state index contributed by atoms with van der Waals surface area (Å²) in [6, 6.07) is 8.22. The van der Waals surface area contributed by atoms with Crippen molar-refractivity contribution >= 4 is 45.7 Å². The molecular weight excluding hydrogens is 478 g/mol. The number of morpholine rings is 1. The van der Waals surface area contributed by atoms with Crippen molar-refractivity contribution in [2.45, 2.75) is 31.0 Å². The highest BCUT2D eigenvalue weighted by Gasteiger charge is 2.62. The van der Waals surface area contributed by atoms with E-state index in [1.54, 1.807) is 11.0 Å². The molecule has 0 aliphatic carbocycles. The fraction of sp³-hybridized carbons (Fsp3) is 0.480. The summed E-state index contributed by atoms with van der Waals surface area (Å²) in [6.45, 7) is 5.90. The fourth-order valence-electron chi connectivity index (χ4n) is 5.98. The van der Waals surface area contributed by atoms with Gasteiger partial charge in [-0.1, -0.05) is 24.3 Å². The molecule has 4 fully saturated rings. The maximum atomic E-state index is 13.7. The molecule has 6 rings (SSSR count). The Hall–Kier alpha value is -3.33. The van der Waals surface area contributed by atoms with E-state index < -0.39 is 6.04 Å². The summed E-state index contributed by atoms with van der Waals surface area (Å²) in [7, 11) is 0. The van der Waals surface area contributed by atoms with Crippen molar-refractivity contribution in [2.24, 2.45) is 0 Å². The van der Waals surface area contributed by atoms with Crippen molar-refractivity contribution in [1.82, 2.24) is 25.0 Å². The Morgan fingerprint density at radius 3 is 2.78 bits per heavy atom. The topological polar surface area (TPSA) is 105 Å². The number of nitrogens with zero attached hydrogens (tertiary/aromatic N) is 6. The van der Waals surface area contributed by atoms with Gasteiger partial charge in [0.1, 0.15) is 17.8 Å². The van der Waals surface area contributed by atoms with E-state index in [2.05, 4.69) is 26.2 Å². The summed E-state index contributed by atoms with van der Waals surface area (Å²) in [4.78, 5) is 38.8. The zero-order valence-corrected chi connectivity index (χ0v) is 20.6. The molecule has 0 radical (unpaired) electrons. The number of fused-ring (bicyclic) bond motifs is 6. The summed E-state index contributed by atoms with van der Waals surface area (Å²) in [5, 5.41) is 14.7. The van der Waals surface area contributed by atoms with Gasteiger partial charge in [-0.15, -0.1) is 0 Å². The molecule has 3 amide bonds. The number of carbonyl (C=O) groups excluding carboxylic acids is 2. The lowest BCUT2D eigenvalue weighted by Crippen LogP contribution is -2.57. The van der Waals surface area contributed by atoms with Crippen molar-refractivity contribution in [3.05, 3.63) is 36.2 Å². The molecule has 1 unspecified atom stereocenters. The summed E-state index contributed by atoms with van der Waals surface area (Å²) in [5.41, 5.74) is 0.689. The number of ether oxygens (including phenoxy) is 1. The monoisotopic (exact) mass is 505 g/mol. The number of benzene rings is 1. The second-order valence-electron chi connectivity index (χ2n) is 9.61. The van der Waals surface area contributed by atoms with Gasteiger partial charge in [0, 0.05) is 37.0 Å². The largest absolute Gasteiger partial charge is 0.379 e. The van der Waals surface area contributed by atoms with E-state index in [4.69, 9.17) is 17.0 Å². The number of nitrogens with one attached hydrogen (secondary N) is 1. The second-order valence-corrected chi connectivity index (χ2v) is 9.99. The minimum atomic E-state index is -0.571. The second kappa shape index (κ2) is 9.28. The van der Waals surface area contributed by atoms with E-state index >= 15 is 0 Å². The number of amides is 3. The van der Waals surface area contributed by atoms with Gasteiger partial charge in [-0.25, -0.2) is 14.7 Å². The van der Waals surface area contributed by atoms with Gasteiger partial charge in [0.2, 0.25) is 0 Å². The first kappa shape index (κ1) is 23.1. The number of urea groups is 1. The van der Waals surface area contributed by atoms with E-state index in [1.807, 2.05) is 18.2 Å². The van der Waals surface area contributed by atoms with Gasteiger partial charge in [-0.2, -0.15) is 5.26 Å². The minimum Gasteiger partial charge on any atom is -0.379 e. The molecule has 11 heteroatoms. The molecule has 1 aromatic heterocycles. The Morgan fingerprint density at radius 1 is 1.22 bits per heavy atom. The van der Waals surface area contributed by atoms with Gasteiger partial charge < -0.3 is 19.9 Å². The standard InChI is InChI=1S/C25H27N7O3S/c26-13-19-17-4-1-2-5-18(17)21(14-28-19)32-23(33)22-20-12-16(31(22)25(32)34)15-30(20)24(36)27-6-3-7-29-8-10-35-11-9-29/h1-2,4-5,14,16,20,22H,3,6-12,15H2,(H,27,36)/t16-,20?,22+/m1/s1. The minimum absolute atomic E-state index is 0.0628. The quantitative estimate of drug-likeness (QED) is 0.366. The molecule has 1 aromatic carbocycles. The van der Waals surface area contributed by atoms with Gasteiger partial charge in [0.25, 0.3) is 5.91 Å². The number of aromatic nitrogens is 1. The number of rotatable bonds is 5. The van der Waals surface area contributed by atoms with E-state index in [-0.39, 0.29) is 29.7 Å². The van der Waals surface area contributed by atoms with Crippen molar-refractivity contribution in [1.29, 1.82) is 5.26 Å². The first-order valence-corrected chi connectivity index (χ1v) is 12.8. The predicted octanol–water partition coefficient (Wildman–Crippen LogP) is 1.30. The van der Waals surface area contributed by atoms with Crippen LogP contribution in [0.2, 0.25) is 0 Å². The Labute approximate surface area is 214 Å². The predicted molar refractivity (Wildman–Crippen MR) is 136 cm³/mol. The fourth-order valence-corrected chi connectivity index (χ4v) is 6.29. The molecule has 0 saturated carbocycles. The molecule has 0 spiro atoms. The van der Waals surface area contributed by atoms with E-state index in [0.717, 1.165) is 52.2 Å². The lowest BCUT2D eigenvalue weighted by molar-refractivity contribution is -0.120. The van der Waals surface area contributed by atoms with E-state index in [9.17, 15) is 14.9 Å². The third-order valence-corrected chi connectivity index (χ3v) is 8.06. The lowest BCUT2D eigenvalue weighted by Gasteiger charge is -2.36. The molecule has 10 nitrogen and oxygen atoms in total. The van der Waals surface area contributed by atoms with Gasteiger partial charge >= 0.3 is 6.03 Å². The first-order chi connectivity index (χ1) is 17.6. The summed E-state index contributed by atoms with van der Waals surface area (Å²) >= 11 is 5.70. The average molecular weight is 506 g/mol. The highest BCUT2D eigenvalue weighted by atomic mass is 32.1. The molecule has 4 aliphatic rings. The zero-order chi connectivity index (χ0) is 24.8. The van der Waals surface area contributed by atoms with Crippen molar-refractivity contribution in [2.75, 3.05) is 50.8 Å². The van der Waals surface area contributed by atoms with Crippen molar-refractivity contribution < 1.29 is 14.3 Å². The van der Waals surface area contributed by atoms with Crippen LogP contribution in [0.4, 0.5) is 10.5 Å².